The molecular weight excluding hydrogens is 507 g/mol. The van der Waals surface area contributed by atoms with Crippen LogP contribution in [0, 0.1) is 11.6 Å². The Morgan fingerprint density at radius 3 is 2.20 bits per heavy atom. The summed E-state index contributed by atoms with van der Waals surface area (Å²) < 4.78 is 27.0. The minimum absolute atomic E-state index is 0.0174. The van der Waals surface area contributed by atoms with E-state index in [1.807, 2.05) is 37.3 Å². The maximum Gasteiger partial charge on any atom is 0.142 e. The normalized spacial score (nSPS) is 12.0. The number of halogens is 4. The summed E-state index contributed by atoms with van der Waals surface area (Å²) in [7, 11) is 0. The Bertz CT molecular complexity index is 1320. The summed E-state index contributed by atoms with van der Waals surface area (Å²) in [5.74, 6) is -0.361. The quantitative estimate of drug-likeness (QED) is 0.179. The standard InChI is InChI=1S/C27H23Cl2F2N3S/c1-16(25-22(28)10-11-23(31)26(25)29)35-24-12-20(15-34-27(24)32)19-6-2-17(3-7-19)13-33-14-18-4-8-21(30)9-5-18/h2-12,15-16,33H,13-14H2,1H3,(H2,32,34). The summed E-state index contributed by atoms with van der Waals surface area (Å²) in [6, 6.07) is 19.3. The second-order valence-corrected chi connectivity index (χ2v) is 10.2. The van der Waals surface area contributed by atoms with Gasteiger partial charge in [0.15, 0.2) is 0 Å². The molecule has 0 amide bonds. The molecule has 1 aromatic heterocycles. The van der Waals surface area contributed by atoms with Gasteiger partial charge in [0, 0.05) is 40.7 Å². The number of nitrogens with one attached hydrogen (secondary N) is 1. The Morgan fingerprint density at radius 1 is 0.914 bits per heavy atom. The third kappa shape index (κ3) is 6.33. The Kier molecular flexibility index (Phi) is 8.29. The Hall–Kier alpha value is -2.64. The second-order valence-electron chi connectivity index (χ2n) is 8.05. The van der Waals surface area contributed by atoms with Crippen molar-refractivity contribution in [2.45, 2.75) is 30.2 Å². The van der Waals surface area contributed by atoms with Gasteiger partial charge in [0.2, 0.25) is 0 Å². The number of anilines is 1. The third-order valence-corrected chi connectivity index (χ3v) is 7.41. The van der Waals surface area contributed by atoms with Crippen molar-refractivity contribution in [3.63, 3.8) is 0 Å². The SMILES string of the molecule is CC(Sc1cc(-c2ccc(CNCc3ccc(F)cc3)cc2)cnc1N)c1c(Cl)ccc(F)c1Cl. The summed E-state index contributed by atoms with van der Waals surface area (Å²) in [6.45, 7) is 3.24. The second kappa shape index (κ2) is 11.4. The summed E-state index contributed by atoms with van der Waals surface area (Å²) in [5, 5.41) is 3.55. The zero-order valence-electron chi connectivity index (χ0n) is 18.9. The molecule has 0 aliphatic heterocycles. The number of pyridine rings is 1. The van der Waals surface area contributed by atoms with Gasteiger partial charge in [-0.1, -0.05) is 59.6 Å². The fourth-order valence-corrected chi connectivity index (χ4v) is 5.58. The van der Waals surface area contributed by atoms with Gasteiger partial charge in [0.1, 0.15) is 17.5 Å². The average molecular weight is 530 g/mol. The molecule has 35 heavy (non-hydrogen) atoms. The van der Waals surface area contributed by atoms with E-state index in [0.29, 0.717) is 29.5 Å². The number of nitrogens with two attached hydrogens (primary N) is 1. The van der Waals surface area contributed by atoms with Crippen molar-refractivity contribution in [3.05, 3.63) is 111 Å². The Balaban J connectivity index is 1.44. The van der Waals surface area contributed by atoms with E-state index in [4.69, 9.17) is 28.9 Å². The topological polar surface area (TPSA) is 50.9 Å². The van der Waals surface area contributed by atoms with Gasteiger partial charge in [-0.3, -0.25) is 0 Å². The number of benzene rings is 3. The van der Waals surface area contributed by atoms with Crippen LogP contribution in [0.4, 0.5) is 14.6 Å². The average Bonchev–Trinajstić information content (AvgIpc) is 2.85. The van der Waals surface area contributed by atoms with Crippen LogP contribution in [0.3, 0.4) is 0 Å². The van der Waals surface area contributed by atoms with Crippen molar-refractivity contribution in [1.29, 1.82) is 0 Å². The smallest absolute Gasteiger partial charge is 0.142 e. The molecule has 1 unspecified atom stereocenters. The highest BCUT2D eigenvalue weighted by atomic mass is 35.5. The number of hydrogen-bond donors (Lipinski definition) is 2. The number of rotatable bonds is 8. The lowest BCUT2D eigenvalue weighted by Gasteiger charge is -2.17. The lowest BCUT2D eigenvalue weighted by atomic mass is 10.1. The van der Waals surface area contributed by atoms with Crippen LogP contribution >= 0.6 is 35.0 Å². The molecule has 0 spiro atoms. The molecule has 3 aromatic carbocycles. The molecule has 8 heteroatoms. The molecule has 1 atom stereocenters. The van der Waals surface area contributed by atoms with E-state index in [9.17, 15) is 8.78 Å². The highest BCUT2D eigenvalue weighted by Gasteiger charge is 2.19. The molecule has 0 aliphatic rings. The van der Waals surface area contributed by atoms with Crippen molar-refractivity contribution in [1.82, 2.24) is 10.3 Å². The zero-order chi connectivity index (χ0) is 24.9. The first-order chi connectivity index (χ1) is 16.8. The van der Waals surface area contributed by atoms with Gasteiger partial charge in [0.25, 0.3) is 0 Å². The first kappa shape index (κ1) is 25.5. The summed E-state index contributed by atoms with van der Waals surface area (Å²) >= 11 is 13.9. The van der Waals surface area contributed by atoms with Gasteiger partial charge in [0.05, 0.1) is 9.92 Å². The van der Waals surface area contributed by atoms with E-state index < -0.39 is 5.82 Å². The number of nitrogen functional groups attached to an aromatic ring is 1. The van der Waals surface area contributed by atoms with Gasteiger partial charge < -0.3 is 11.1 Å². The zero-order valence-corrected chi connectivity index (χ0v) is 21.2. The van der Waals surface area contributed by atoms with E-state index >= 15 is 0 Å². The van der Waals surface area contributed by atoms with Gasteiger partial charge in [-0.15, -0.1) is 11.8 Å². The van der Waals surface area contributed by atoms with Crippen molar-refractivity contribution in [2.75, 3.05) is 5.73 Å². The molecule has 3 N–H and O–H groups in total. The van der Waals surface area contributed by atoms with Crippen LogP contribution in [0.15, 0.2) is 77.8 Å². The van der Waals surface area contributed by atoms with Gasteiger partial charge >= 0.3 is 0 Å². The molecule has 0 saturated heterocycles. The van der Waals surface area contributed by atoms with Gasteiger partial charge in [-0.25, -0.2) is 13.8 Å². The maximum absolute atomic E-state index is 14.0. The van der Waals surface area contributed by atoms with Crippen LogP contribution in [-0.4, -0.2) is 4.98 Å². The number of aromatic nitrogens is 1. The lowest BCUT2D eigenvalue weighted by molar-refractivity contribution is 0.624. The van der Waals surface area contributed by atoms with Gasteiger partial charge in [-0.05, 0) is 53.9 Å². The fraction of sp³-hybridized carbons (Fsp3) is 0.148. The Morgan fingerprint density at radius 2 is 1.54 bits per heavy atom. The molecular formula is C27H23Cl2F2N3S. The van der Waals surface area contributed by atoms with Crippen LogP contribution in [0.5, 0.6) is 0 Å². The lowest BCUT2D eigenvalue weighted by Crippen LogP contribution is -2.12. The monoisotopic (exact) mass is 529 g/mol. The number of hydrogen-bond acceptors (Lipinski definition) is 4. The summed E-state index contributed by atoms with van der Waals surface area (Å²) in [6.07, 6.45) is 1.73. The van der Waals surface area contributed by atoms with Crippen LogP contribution in [-0.2, 0) is 13.1 Å². The van der Waals surface area contributed by atoms with Crippen LogP contribution in [0.1, 0.15) is 28.9 Å². The first-order valence-corrected chi connectivity index (χ1v) is 12.6. The van der Waals surface area contributed by atoms with Gasteiger partial charge in [-0.2, -0.15) is 0 Å². The molecule has 0 aliphatic carbocycles. The molecule has 4 aromatic rings. The Labute approximate surface area is 217 Å². The van der Waals surface area contributed by atoms with Crippen molar-refractivity contribution < 1.29 is 8.78 Å². The molecule has 4 rings (SSSR count). The fourth-order valence-electron chi connectivity index (χ4n) is 3.64. The highest BCUT2D eigenvalue weighted by Crippen LogP contribution is 2.44. The third-order valence-electron chi connectivity index (χ3n) is 5.53. The van der Waals surface area contributed by atoms with Crippen LogP contribution in [0.25, 0.3) is 11.1 Å². The molecule has 0 radical (unpaired) electrons. The van der Waals surface area contributed by atoms with Crippen molar-refractivity contribution in [3.8, 4) is 11.1 Å². The number of thioether (sulfide) groups is 1. The summed E-state index contributed by atoms with van der Waals surface area (Å²) in [5.41, 5.74) is 10.7. The first-order valence-electron chi connectivity index (χ1n) is 10.9. The molecule has 1 heterocycles. The molecule has 0 bridgehead atoms. The van der Waals surface area contributed by atoms with Crippen molar-refractivity contribution >= 4 is 40.8 Å². The van der Waals surface area contributed by atoms with E-state index in [0.717, 1.165) is 27.1 Å². The van der Waals surface area contributed by atoms with E-state index in [1.165, 1.54) is 36.0 Å². The van der Waals surface area contributed by atoms with E-state index in [2.05, 4.69) is 10.3 Å². The predicted molar refractivity (Wildman–Crippen MR) is 142 cm³/mol. The molecule has 3 nitrogen and oxygen atoms in total. The maximum atomic E-state index is 14.0. The minimum atomic E-state index is -0.509. The van der Waals surface area contributed by atoms with Crippen LogP contribution in [0.2, 0.25) is 10.0 Å². The largest absolute Gasteiger partial charge is 0.383 e. The minimum Gasteiger partial charge on any atom is -0.383 e. The molecule has 0 saturated carbocycles. The molecule has 0 fully saturated rings. The van der Waals surface area contributed by atoms with E-state index in [-0.39, 0.29) is 16.1 Å². The molecule has 180 valence electrons. The van der Waals surface area contributed by atoms with Crippen molar-refractivity contribution in [2.24, 2.45) is 0 Å². The van der Waals surface area contributed by atoms with Crippen LogP contribution < -0.4 is 11.1 Å². The highest BCUT2D eigenvalue weighted by molar-refractivity contribution is 7.99. The summed E-state index contributed by atoms with van der Waals surface area (Å²) in [4.78, 5) is 5.11. The predicted octanol–water partition coefficient (Wildman–Crippen LogP) is 8.06. The van der Waals surface area contributed by atoms with E-state index in [1.54, 1.807) is 18.3 Å². The number of nitrogens with zero attached hydrogens (tertiary/aromatic N) is 1.